The van der Waals surface area contributed by atoms with E-state index in [-0.39, 0.29) is 5.91 Å². The van der Waals surface area contributed by atoms with Crippen LogP contribution in [0.25, 0.3) is 0 Å². The van der Waals surface area contributed by atoms with Crippen LogP contribution in [0.5, 0.6) is 0 Å². The monoisotopic (exact) mass is 502 g/mol. The van der Waals surface area contributed by atoms with E-state index in [1.807, 2.05) is 36.4 Å². The third kappa shape index (κ3) is 5.39. The molecule has 7 heteroatoms. The molecular weight excluding hydrogens is 484 g/mol. The number of hydrazone groups is 1. The fourth-order valence-corrected chi connectivity index (χ4v) is 3.58. The zero-order valence-corrected chi connectivity index (χ0v) is 18.7. The summed E-state index contributed by atoms with van der Waals surface area (Å²) in [6.45, 7) is 4.87. The molecule has 0 saturated heterocycles. The van der Waals surface area contributed by atoms with Gasteiger partial charge in [0.15, 0.2) is 5.69 Å². The zero-order valence-electron chi connectivity index (χ0n) is 15.6. The summed E-state index contributed by atoms with van der Waals surface area (Å²) in [5.74, 6) is 0.116. The molecule has 0 radical (unpaired) electrons. The average molecular weight is 504 g/mol. The second-order valence-corrected chi connectivity index (χ2v) is 8.44. The van der Waals surface area contributed by atoms with E-state index in [9.17, 15) is 4.79 Å². The molecule has 5 nitrogen and oxygen atoms in total. The van der Waals surface area contributed by atoms with Crippen LogP contribution in [0.2, 0.25) is 0 Å². The van der Waals surface area contributed by atoms with E-state index in [4.69, 9.17) is 0 Å². The number of benzene rings is 2. The molecule has 0 unspecified atom stereocenters. The highest BCUT2D eigenvalue weighted by Gasteiger charge is 2.15. The quantitative estimate of drug-likeness (QED) is 0.364. The van der Waals surface area contributed by atoms with Crippen LogP contribution < -0.4 is 5.43 Å². The molecule has 0 aliphatic rings. The van der Waals surface area contributed by atoms with E-state index in [1.165, 1.54) is 5.56 Å². The Morgan fingerprint density at radius 1 is 1.21 bits per heavy atom. The van der Waals surface area contributed by atoms with Gasteiger partial charge in [0, 0.05) is 10.7 Å². The summed E-state index contributed by atoms with van der Waals surface area (Å²) in [6, 6.07) is 16.0. The Kier molecular flexibility index (Phi) is 6.80. The second kappa shape index (κ2) is 9.30. The van der Waals surface area contributed by atoms with Crippen LogP contribution in [-0.2, 0) is 6.54 Å². The van der Waals surface area contributed by atoms with Crippen molar-refractivity contribution in [1.82, 2.24) is 15.2 Å². The van der Waals surface area contributed by atoms with Gasteiger partial charge in [-0.2, -0.15) is 10.2 Å². The lowest BCUT2D eigenvalue weighted by molar-refractivity contribution is 0.0948. The number of amides is 1. The van der Waals surface area contributed by atoms with Crippen LogP contribution in [0.3, 0.4) is 0 Å². The first kappa shape index (κ1) is 20.5. The van der Waals surface area contributed by atoms with Crippen molar-refractivity contribution in [2.75, 3.05) is 0 Å². The molecule has 0 saturated carbocycles. The van der Waals surface area contributed by atoms with Gasteiger partial charge in [-0.15, -0.1) is 0 Å². The third-order valence-corrected chi connectivity index (χ3v) is 5.22. The predicted octanol–water partition coefficient (Wildman–Crippen LogP) is 5.34. The molecule has 1 N–H and O–H groups in total. The summed E-state index contributed by atoms with van der Waals surface area (Å²) in [4.78, 5) is 12.4. The minimum absolute atomic E-state index is 0.294. The van der Waals surface area contributed by atoms with Gasteiger partial charge in [0.2, 0.25) is 0 Å². The van der Waals surface area contributed by atoms with Crippen LogP contribution in [0.4, 0.5) is 0 Å². The number of hydrogen-bond acceptors (Lipinski definition) is 3. The smallest absolute Gasteiger partial charge is 0.266 e. The summed E-state index contributed by atoms with van der Waals surface area (Å²) in [6.07, 6.45) is 3.40. The molecule has 0 atom stereocenters. The zero-order chi connectivity index (χ0) is 20.1. The van der Waals surface area contributed by atoms with Crippen LogP contribution >= 0.6 is 31.9 Å². The highest BCUT2D eigenvalue weighted by Crippen LogP contribution is 2.18. The van der Waals surface area contributed by atoms with Gasteiger partial charge in [0.1, 0.15) is 0 Å². The summed E-state index contributed by atoms with van der Waals surface area (Å²) in [7, 11) is 0. The minimum Gasteiger partial charge on any atom is -0.266 e. The van der Waals surface area contributed by atoms with E-state index < -0.39 is 0 Å². The molecule has 3 rings (SSSR count). The van der Waals surface area contributed by atoms with E-state index in [0.29, 0.717) is 22.6 Å². The molecule has 0 aliphatic heterocycles. The lowest BCUT2D eigenvalue weighted by Gasteiger charge is -2.04. The van der Waals surface area contributed by atoms with Gasteiger partial charge < -0.3 is 0 Å². The van der Waals surface area contributed by atoms with Crippen LogP contribution in [0.15, 0.2) is 68.8 Å². The van der Waals surface area contributed by atoms with Crippen molar-refractivity contribution in [3.63, 3.8) is 0 Å². The van der Waals surface area contributed by atoms with E-state index >= 15 is 0 Å². The maximum atomic E-state index is 12.4. The van der Waals surface area contributed by atoms with E-state index in [0.717, 1.165) is 15.6 Å². The second-order valence-electron chi connectivity index (χ2n) is 6.67. The third-order valence-electron chi connectivity index (χ3n) is 4.15. The summed E-state index contributed by atoms with van der Waals surface area (Å²) >= 11 is 6.86. The van der Waals surface area contributed by atoms with Gasteiger partial charge >= 0.3 is 0 Å². The number of halogens is 2. The van der Waals surface area contributed by atoms with Crippen molar-refractivity contribution in [3.05, 3.63) is 86.1 Å². The minimum atomic E-state index is -0.366. The number of rotatable bonds is 6. The Morgan fingerprint density at radius 3 is 2.64 bits per heavy atom. The first-order valence-electron chi connectivity index (χ1n) is 8.83. The molecule has 0 fully saturated rings. The number of carbonyl (C=O) groups is 1. The van der Waals surface area contributed by atoms with Gasteiger partial charge in [-0.05, 0) is 50.7 Å². The topological polar surface area (TPSA) is 59.3 Å². The molecule has 1 heterocycles. The van der Waals surface area contributed by atoms with Gasteiger partial charge in [-0.1, -0.05) is 66.2 Å². The Hall–Kier alpha value is -2.25. The van der Waals surface area contributed by atoms with Gasteiger partial charge in [-0.25, -0.2) is 5.43 Å². The molecule has 144 valence electrons. The first-order chi connectivity index (χ1) is 13.4. The van der Waals surface area contributed by atoms with Crippen molar-refractivity contribution in [2.24, 2.45) is 5.10 Å². The molecule has 28 heavy (non-hydrogen) atoms. The Morgan fingerprint density at radius 2 is 1.96 bits per heavy atom. The largest absolute Gasteiger partial charge is 0.293 e. The fraction of sp³-hybridized carbons (Fsp3) is 0.190. The number of carbonyl (C=O) groups excluding carboxylic acids is 1. The van der Waals surface area contributed by atoms with Crippen molar-refractivity contribution in [1.29, 1.82) is 0 Å². The summed E-state index contributed by atoms with van der Waals surface area (Å²) in [5.41, 5.74) is 6.09. The number of hydrogen-bond donors (Lipinski definition) is 1. The van der Waals surface area contributed by atoms with Crippen molar-refractivity contribution in [2.45, 2.75) is 26.3 Å². The van der Waals surface area contributed by atoms with Crippen molar-refractivity contribution in [3.8, 4) is 0 Å². The predicted molar refractivity (Wildman–Crippen MR) is 119 cm³/mol. The number of nitrogens with one attached hydrogen (secondary N) is 1. The SMILES string of the molecule is CC(C)c1ccc(/C=N/NC(=O)c2nn(Cc3cccc(Br)c3)cc2Br)cc1. The highest BCUT2D eigenvalue weighted by atomic mass is 79.9. The fourth-order valence-electron chi connectivity index (χ4n) is 2.64. The Bertz CT molecular complexity index is 994. The van der Waals surface area contributed by atoms with E-state index in [2.05, 4.69) is 73.5 Å². The highest BCUT2D eigenvalue weighted by molar-refractivity contribution is 9.10. The lowest BCUT2D eigenvalue weighted by Crippen LogP contribution is -2.19. The standard InChI is InChI=1S/C21H20Br2N4O/c1-14(2)17-8-6-15(7-9-17)11-24-25-21(28)20-19(23)13-27(26-20)12-16-4-3-5-18(22)10-16/h3-11,13-14H,12H2,1-2H3,(H,25,28)/b24-11+. The number of nitrogens with zero attached hydrogens (tertiary/aromatic N) is 3. The van der Waals surface area contributed by atoms with Crippen molar-refractivity contribution < 1.29 is 4.79 Å². The van der Waals surface area contributed by atoms with Gasteiger partial charge in [-0.3, -0.25) is 9.48 Å². The molecule has 0 bridgehead atoms. The Labute approximate surface area is 181 Å². The Balaban J connectivity index is 1.63. The summed E-state index contributed by atoms with van der Waals surface area (Å²) < 4.78 is 3.34. The average Bonchev–Trinajstić information content (AvgIpc) is 3.02. The molecule has 1 aromatic heterocycles. The van der Waals surface area contributed by atoms with Crippen LogP contribution in [0.1, 0.15) is 46.9 Å². The van der Waals surface area contributed by atoms with Gasteiger partial charge in [0.25, 0.3) is 5.91 Å². The molecular formula is C21H20Br2N4O. The maximum Gasteiger partial charge on any atom is 0.293 e. The molecule has 0 spiro atoms. The molecule has 0 aliphatic carbocycles. The maximum absolute atomic E-state index is 12.4. The molecule has 3 aromatic rings. The van der Waals surface area contributed by atoms with Crippen molar-refractivity contribution >= 4 is 44.0 Å². The molecule has 2 aromatic carbocycles. The van der Waals surface area contributed by atoms with E-state index in [1.54, 1.807) is 17.1 Å². The van der Waals surface area contributed by atoms with Crippen LogP contribution in [-0.4, -0.2) is 21.9 Å². The van der Waals surface area contributed by atoms with Crippen LogP contribution in [0, 0.1) is 0 Å². The first-order valence-corrected chi connectivity index (χ1v) is 10.4. The van der Waals surface area contributed by atoms with Gasteiger partial charge in [0.05, 0.1) is 17.2 Å². The normalized spacial score (nSPS) is 11.3. The summed E-state index contributed by atoms with van der Waals surface area (Å²) in [5, 5.41) is 8.40. The molecule has 1 amide bonds. The lowest BCUT2D eigenvalue weighted by atomic mass is 10.0. The number of aromatic nitrogens is 2.